The Bertz CT molecular complexity index is 1530. The first kappa shape index (κ1) is 24.4. The van der Waals surface area contributed by atoms with Crippen LogP contribution in [0.25, 0.3) is 22.0 Å². The van der Waals surface area contributed by atoms with E-state index in [2.05, 4.69) is 20.0 Å². The lowest BCUT2D eigenvalue weighted by atomic mass is 9.92. The van der Waals surface area contributed by atoms with Gasteiger partial charge in [-0.3, -0.25) is 4.72 Å². The van der Waals surface area contributed by atoms with E-state index < -0.39 is 15.8 Å². The fourth-order valence-corrected chi connectivity index (χ4v) is 6.05. The Morgan fingerprint density at radius 2 is 1.81 bits per heavy atom. The van der Waals surface area contributed by atoms with Gasteiger partial charge in [-0.2, -0.15) is 0 Å². The van der Waals surface area contributed by atoms with Crippen molar-refractivity contribution < 1.29 is 12.8 Å². The van der Waals surface area contributed by atoms with Crippen molar-refractivity contribution in [2.45, 2.75) is 42.7 Å². The summed E-state index contributed by atoms with van der Waals surface area (Å²) in [5, 5.41) is 4.25. The normalized spacial score (nSPS) is 18.2. The van der Waals surface area contributed by atoms with Crippen molar-refractivity contribution >= 4 is 44.2 Å². The number of fused-ring (bicyclic) bond motifs is 1. The van der Waals surface area contributed by atoms with Crippen LogP contribution < -0.4 is 15.8 Å². The fourth-order valence-electron chi connectivity index (χ4n) is 4.46. The maximum atomic E-state index is 14.9. The summed E-state index contributed by atoms with van der Waals surface area (Å²) in [6, 6.07) is 16.4. The van der Waals surface area contributed by atoms with E-state index >= 15 is 0 Å². The van der Waals surface area contributed by atoms with E-state index in [-0.39, 0.29) is 27.7 Å². The van der Waals surface area contributed by atoms with Gasteiger partial charge in [0.15, 0.2) is 0 Å². The molecule has 4 N–H and O–H groups in total. The average Bonchev–Trinajstić information content (AvgIpc) is 2.85. The number of sulfonamides is 1. The lowest BCUT2D eigenvalue weighted by molar-refractivity contribution is 0.408. The maximum Gasteiger partial charge on any atom is 0.263 e. The molecule has 0 saturated heterocycles. The molecule has 10 heteroatoms. The van der Waals surface area contributed by atoms with Crippen molar-refractivity contribution in [2.75, 3.05) is 10.0 Å². The second-order valence-corrected chi connectivity index (χ2v) is 11.0. The van der Waals surface area contributed by atoms with Crippen LogP contribution >= 0.6 is 11.6 Å². The van der Waals surface area contributed by atoms with Crippen LogP contribution in [-0.4, -0.2) is 30.5 Å². The first-order chi connectivity index (χ1) is 17.3. The highest BCUT2D eigenvalue weighted by Gasteiger charge is 2.21. The second kappa shape index (κ2) is 10.0. The third-order valence-electron chi connectivity index (χ3n) is 6.30. The van der Waals surface area contributed by atoms with Crippen LogP contribution in [0, 0.1) is 5.82 Å². The molecule has 7 nitrogen and oxygen atoms in total. The van der Waals surface area contributed by atoms with E-state index in [0.717, 1.165) is 42.1 Å². The van der Waals surface area contributed by atoms with Crippen LogP contribution in [0.3, 0.4) is 0 Å². The molecule has 36 heavy (non-hydrogen) atoms. The van der Waals surface area contributed by atoms with Gasteiger partial charge < -0.3 is 11.1 Å². The van der Waals surface area contributed by atoms with Gasteiger partial charge in [-0.05, 0) is 73.2 Å². The zero-order chi connectivity index (χ0) is 25.3. The molecule has 1 aromatic heterocycles. The first-order valence-electron chi connectivity index (χ1n) is 11.6. The molecule has 3 aromatic carbocycles. The molecule has 2 atom stereocenters. The van der Waals surface area contributed by atoms with Gasteiger partial charge in [-0.15, -0.1) is 0 Å². The largest absolute Gasteiger partial charge is 0.351 e. The maximum absolute atomic E-state index is 14.9. The number of anilines is 2. The number of aromatic nitrogens is 2. The number of hydrogen-bond donors (Lipinski definition) is 3. The van der Waals surface area contributed by atoms with Crippen LogP contribution in [0.4, 0.5) is 16.0 Å². The minimum Gasteiger partial charge on any atom is -0.351 e. The monoisotopic (exact) mass is 525 g/mol. The van der Waals surface area contributed by atoms with Crippen molar-refractivity contribution in [2.24, 2.45) is 5.73 Å². The molecule has 1 saturated carbocycles. The van der Waals surface area contributed by atoms with Crippen molar-refractivity contribution in [3.63, 3.8) is 0 Å². The quantitative estimate of drug-likeness (QED) is 0.303. The summed E-state index contributed by atoms with van der Waals surface area (Å²) in [7, 11) is -4.04. The van der Waals surface area contributed by atoms with Crippen LogP contribution in [-0.2, 0) is 10.0 Å². The Kier molecular flexibility index (Phi) is 6.79. The molecule has 5 rings (SSSR count). The van der Waals surface area contributed by atoms with Gasteiger partial charge in [0, 0.05) is 23.7 Å². The van der Waals surface area contributed by atoms with Crippen LogP contribution in [0.2, 0.25) is 5.02 Å². The Morgan fingerprint density at radius 3 is 2.58 bits per heavy atom. The number of nitrogens with one attached hydrogen (secondary N) is 2. The molecular weight excluding hydrogens is 501 g/mol. The van der Waals surface area contributed by atoms with Crippen molar-refractivity contribution in [3.8, 4) is 11.1 Å². The van der Waals surface area contributed by atoms with E-state index in [4.69, 9.17) is 17.3 Å². The SMILES string of the molecule is N[C@H]1CCCC(Nc2ncc3cc(-c4ccc(NS(=O)(=O)c5ccccc5Cl)c(F)c4)ccc3n2)C1. The number of halogens is 2. The molecule has 0 bridgehead atoms. The Balaban J connectivity index is 1.35. The molecule has 1 aliphatic rings. The highest BCUT2D eigenvalue weighted by atomic mass is 35.5. The van der Waals surface area contributed by atoms with Gasteiger partial charge in [0.1, 0.15) is 10.7 Å². The highest BCUT2D eigenvalue weighted by Crippen LogP contribution is 2.30. The van der Waals surface area contributed by atoms with Crippen LogP contribution in [0.15, 0.2) is 71.8 Å². The summed E-state index contributed by atoms with van der Waals surface area (Å²) in [5.74, 6) is -0.139. The standard InChI is InChI=1S/C26H25ClFN5O2S/c27-21-6-1-2-7-25(21)36(34,35)33-24-11-9-17(13-22(24)28)16-8-10-23-18(12-16)15-30-26(32-23)31-20-5-3-4-19(29)14-20/h1-2,6-13,15,19-20,33H,3-5,14,29H2,(H,30,31,32)/t19-,20?/m0/s1. The van der Waals surface area contributed by atoms with E-state index in [9.17, 15) is 12.8 Å². The van der Waals surface area contributed by atoms with E-state index in [1.807, 2.05) is 18.2 Å². The summed E-state index contributed by atoms with van der Waals surface area (Å²) in [5.41, 5.74) is 8.02. The molecule has 0 amide bonds. The lowest BCUT2D eigenvalue weighted by Gasteiger charge is -2.27. The predicted octanol–water partition coefficient (Wildman–Crippen LogP) is 5.57. The molecule has 1 fully saturated rings. The molecule has 0 radical (unpaired) electrons. The van der Waals surface area contributed by atoms with Gasteiger partial charge in [0.25, 0.3) is 10.0 Å². The third kappa shape index (κ3) is 5.28. The van der Waals surface area contributed by atoms with Gasteiger partial charge in [0.2, 0.25) is 5.95 Å². The Morgan fingerprint density at radius 1 is 1.03 bits per heavy atom. The number of rotatable bonds is 6. The third-order valence-corrected chi connectivity index (χ3v) is 8.17. The molecule has 1 heterocycles. The first-order valence-corrected chi connectivity index (χ1v) is 13.5. The molecule has 1 aliphatic carbocycles. The Hall–Kier alpha value is -3.27. The molecule has 186 valence electrons. The van der Waals surface area contributed by atoms with Gasteiger partial charge >= 0.3 is 0 Å². The van der Waals surface area contributed by atoms with E-state index in [0.29, 0.717) is 11.5 Å². The second-order valence-electron chi connectivity index (χ2n) is 8.97. The fraction of sp³-hybridized carbons (Fsp3) is 0.231. The van der Waals surface area contributed by atoms with E-state index in [1.165, 1.54) is 24.3 Å². The number of hydrogen-bond acceptors (Lipinski definition) is 6. The average molecular weight is 526 g/mol. The molecule has 0 spiro atoms. The summed E-state index contributed by atoms with van der Waals surface area (Å²) < 4.78 is 42.5. The summed E-state index contributed by atoms with van der Waals surface area (Å²) >= 11 is 6.00. The van der Waals surface area contributed by atoms with Gasteiger partial charge in [-0.25, -0.2) is 22.8 Å². The molecule has 4 aromatic rings. The number of nitrogens with two attached hydrogens (primary N) is 1. The van der Waals surface area contributed by atoms with E-state index in [1.54, 1.807) is 24.4 Å². The number of benzene rings is 3. The van der Waals surface area contributed by atoms with Crippen LogP contribution in [0.1, 0.15) is 25.7 Å². The summed E-state index contributed by atoms with van der Waals surface area (Å²) in [6.07, 6.45) is 5.82. The molecule has 1 unspecified atom stereocenters. The zero-order valence-corrected chi connectivity index (χ0v) is 20.9. The molecular formula is C26H25ClFN5O2S. The van der Waals surface area contributed by atoms with Gasteiger partial charge in [0.05, 0.1) is 16.2 Å². The summed E-state index contributed by atoms with van der Waals surface area (Å²) in [6.45, 7) is 0. The predicted molar refractivity (Wildman–Crippen MR) is 141 cm³/mol. The van der Waals surface area contributed by atoms with Crippen molar-refractivity contribution in [1.82, 2.24) is 9.97 Å². The molecule has 0 aliphatic heterocycles. The minimum atomic E-state index is -4.04. The highest BCUT2D eigenvalue weighted by molar-refractivity contribution is 7.92. The van der Waals surface area contributed by atoms with Gasteiger partial charge in [-0.1, -0.05) is 35.9 Å². The lowest BCUT2D eigenvalue weighted by Crippen LogP contribution is -2.35. The summed E-state index contributed by atoms with van der Waals surface area (Å²) in [4.78, 5) is 8.94. The zero-order valence-electron chi connectivity index (χ0n) is 19.3. The smallest absolute Gasteiger partial charge is 0.263 e. The topological polar surface area (TPSA) is 110 Å². The number of nitrogens with zero attached hydrogens (tertiary/aromatic N) is 2. The minimum absolute atomic E-state index is 0.0566. The van der Waals surface area contributed by atoms with Crippen molar-refractivity contribution in [1.29, 1.82) is 0 Å². The van der Waals surface area contributed by atoms with Crippen molar-refractivity contribution in [3.05, 3.63) is 77.7 Å². The van der Waals surface area contributed by atoms with Crippen LogP contribution in [0.5, 0.6) is 0 Å². The Labute approximate surface area is 214 Å².